The van der Waals surface area contributed by atoms with Gasteiger partial charge in [0.2, 0.25) is 0 Å². The molecule has 1 fully saturated rings. The summed E-state index contributed by atoms with van der Waals surface area (Å²) in [6.07, 6.45) is 1.87. The summed E-state index contributed by atoms with van der Waals surface area (Å²) in [7, 11) is 0. The van der Waals surface area contributed by atoms with Crippen molar-refractivity contribution in [2.45, 2.75) is 44.5 Å². The van der Waals surface area contributed by atoms with Crippen molar-refractivity contribution >= 4 is 41.7 Å². The maximum Gasteiger partial charge on any atom is 0.191 e. The van der Waals surface area contributed by atoms with E-state index in [9.17, 15) is 4.39 Å². The van der Waals surface area contributed by atoms with E-state index >= 15 is 0 Å². The quantitative estimate of drug-likeness (QED) is 0.289. The van der Waals surface area contributed by atoms with Gasteiger partial charge in [-0.15, -0.1) is 24.0 Å². The van der Waals surface area contributed by atoms with Crippen LogP contribution in [0.3, 0.4) is 0 Å². The molecule has 0 saturated carbocycles. The fourth-order valence-electron chi connectivity index (χ4n) is 3.00. The summed E-state index contributed by atoms with van der Waals surface area (Å²) in [6.45, 7) is 9.84. The Kier molecular flexibility index (Phi) is 12.2. The second-order valence-electron chi connectivity index (χ2n) is 6.66. The molecular formula is C20H33FIN3O2S. The van der Waals surface area contributed by atoms with Crippen LogP contribution in [-0.2, 0) is 4.74 Å². The third-order valence-corrected chi connectivity index (χ3v) is 5.88. The predicted octanol–water partition coefficient (Wildman–Crippen LogP) is 4.07. The lowest BCUT2D eigenvalue weighted by molar-refractivity contribution is 0.0793. The smallest absolute Gasteiger partial charge is 0.191 e. The Bertz CT molecular complexity index is 595. The zero-order chi connectivity index (χ0) is 19.5. The average molecular weight is 525 g/mol. The fourth-order valence-corrected chi connectivity index (χ4v) is 4.23. The summed E-state index contributed by atoms with van der Waals surface area (Å²) in [5.41, 5.74) is 0. The highest BCUT2D eigenvalue weighted by Gasteiger charge is 2.32. The molecule has 1 aliphatic rings. The highest BCUT2D eigenvalue weighted by atomic mass is 127. The summed E-state index contributed by atoms with van der Waals surface area (Å²) < 4.78 is 25.1. The van der Waals surface area contributed by atoms with Gasteiger partial charge in [-0.05, 0) is 44.6 Å². The van der Waals surface area contributed by atoms with Crippen molar-refractivity contribution in [3.05, 3.63) is 30.1 Å². The van der Waals surface area contributed by atoms with E-state index in [2.05, 4.69) is 17.6 Å². The summed E-state index contributed by atoms with van der Waals surface area (Å²) in [6, 6.07) is 6.46. The van der Waals surface area contributed by atoms with Crippen molar-refractivity contribution < 1.29 is 13.9 Å². The Labute approximate surface area is 189 Å². The molecule has 0 radical (unpaired) electrons. The van der Waals surface area contributed by atoms with E-state index in [0.29, 0.717) is 6.54 Å². The number of ether oxygens (including phenoxy) is 2. The largest absolute Gasteiger partial charge is 0.486 e. The predicted molar refractivity (Wildman–Crippen MR) is 127 cm³/mol. The Morgan fingerprint density at radius 1 is 1.29 bits per heavy atom. The lowest BCUT2D eigenvalue weighted by Gasteiger charge is -2.35. The molecule has 8 heteroatoms. The number of guanidine groups is 1. The van der Waals surface area contributed by atoms with Crippen LogP contribution in [0.4, 0.5) is 4.39 Å². The highest BCUT2D eigenvalue weighted by molar-refractivity contribution is 14.0. The van der Waals surface area contributed by atoms with Crippen LogP contribution in [0.25, 0.3) is 0 Å². The van der Waals surface area contributed by atoms with Gasteiger partial charge in [-0.1, -0.05) is 19.1 Å². The Morgan fingerprint density at radius 2 is 2.00 bits per heavy atom. The molecule has 0 amide bonds. The molecule has 2 rings (SSSR count). The van der Waals surface area contributed by atoms with E-state index in [4.69, 9.17) is 14.5 Å². The van der Waals surface area contributed by atoms with E-state index in [1.165, 1.54) is 6.07 Å². The molecule has 0 aromatic heterocycles. The first-order valence-corrected chi connectivity index (χ1v) is 10.7. The van der Waals surface area contributed by atoms with E-state index in [0.717, 1.165) is 50.9 Å². The molecule has 0 spiro atoms. The molecule has 28 heavy (non-hydrogen) atoms. The zero-order valence-electron chi connectivity index (χ0n) is 17.0. The van der Waals surface area contributed by atoms with Crippen LogP contribution in [0.15, 0.2) is 29.3 Å². The second kappa shape index (κ2) is 13.5. The third kappa shape index (κ3) is 8.32. The first-order valence-electron chi connectivity index (χ1n) is 9.73. The van der Waals surface area contributed by atoms with Crippen LogP contribution in [0.2, 0.25) is 0 Å². The molecule has 0 aliphatic carbocycles. The number of nitrogens with one attached hydrogen (secondary N) is 2. The minimum Gasteiger partial charge on any atom is -0.486 e. The topological polar surface area (TPSA) is 54.9 Å². The molecule has 1 aromatic rings. The monoisotopic (exact) mass is 525 g/mol. The molecule has 160 valence electrons. The molecule has 0 bridgehead atoms. The number of benzene rings is 1. The van der Waals surface area contributed by atoms with Gasteiger partial charge in [0, 0.05) is 24.5 Å². The highest BCUT2D eigenvalue weighted by Crippen LogP contribution is 2.35. The molecule has 1 heterocycles. The van der Waals surface area contributed by atoms with Gasteiger partial charge < -0.3 is 20.1 Å². The van der Waals surface area contributed by atoms with Crippen molar-refractivity contribution in [2.24, 2.45) is 4.99 Å². The number of halogens is 2. The molecule has 1 atom stereocenters. The first kappa shape index (κ1) is 25.3. The molecule has 5 nitrogen and oxygen atoms in total. The summed E-state index contributed by atoms with van der Waals surface area (Å²) in [5.74, 6) is 1.77. The molecule has 1 saturated heterocycles. The summed E-state index contributed by atoms with van der Waals surface area (Å²) >= 11 is 1.98. The first-order chi connectivity index (χ1) is 13.1. The standard InChI is InChI=1S/C20H32FN3O2S.HI/c1-4-22-19(24-15-20(27-5-2)10-12-25-13-11-20)23-14-16(3)26-18-9-7-6-8-17(18)21;/h6-9,16H,4-5,10-15H2,1-3H3,(H2,22,23,24);1H. The Hall–Kier alpha value is -0.740. The van der Waals surface area contributed by atoms with Gasteiger partial charge in [0.25, 0.3) is 0 Å². The lowest BCUT2D eigenvalue weighted by Crippen LogP contribution is -2.43. The molecule has 1 aromatic carbocycles. The second-order valence-corrected chi connectivity index (χ2v) is 8.40. The molecular weight excluding hydrogens is 492 g/mol. The van der Waals surface area contributed by atoms with Crippen molar-refractivity contribution in [3.63, 3.8) is 0 Å². The molecule has 1 aliphatic heterocycles. The minimum atomic E-state index is -0.344. The van der Waals surface area contributed by atoms with E-state index in [-0.39, 0.29) is 46.4 Å². The Morgan fingerprint density at radius 3 is 2.64 bits per heavy atom. The van der Waals surface area contributed by atoms with E-state index in [1.54, 1.807) is 18.2 Å². The van der Waals surface area contributed by atoms with Gasteiger partial charge in [0.15, 0.2) is 17.5 Å². The number of para-hydroxylation sites is 1. The third-order valence-electron chi connectivity index (χ3n) is 4.45. The number of thioether (sulfide) groups is 1. The summed E-state index contributed by atoms with van der Waals surface area (Å²) in [4.78, 5) is 4.81. The van der Waals surface area contributed by atoms with Crippen molar-refractivity contribution in [3.8, 4) is 5.75 Å². The van der Waals surface area contributed by atoms with Gasteiger partial charge >= 0.3 is 0 Å². The van der Waals surface area contributed by atoms with Crippen LogP contribution >= 0.6 is 35.7 Å². The van der Waals surface area contributed by atoms with Gasteiger partial charge in [-0.25, -0.2) is 4.39 Å². The van der Waals surface area contributed by atoms with Gasteiger partial charge in [0.1, 0.15) is 6.10 Å². The Balaban J connectivity index is 0.00000392. The van der Waals surface area contributed by atoms with E-state index in [1.807, 2.05) is 25.6 Å². The number of rotatable bonds is 9. The van der Waals surface area contributed by atoms with Crippen molar-refractivity contribution in [1.82, 2.24) is 10.6 Å². The number of hydrogen-bond donors (Lipinski definition) is 2. The maximum atomic E-state index is 13.7. The van der Waals surface area contributed by atoms with Gasteiger partial charge in [0.05, 0.1) is 13.1 Å². The lowest BCUT2D eigenvalue weighted by atomic mass is 9.99. The maximum absolute atomic E-state index is 13.7. The number of nitrogens with zero attached hydrogens (tertiary/aromatic N) is 1. The molecule has 1 unspecified atom stereocenters. The van der Waals surface area contributed by atoms with Crippen molar-refractivity contribution in [1.29, 1.82) is 0 Å². The van der Waals surface area contributed by atoms with Crippen LogP contribution in [0.1, 0.15) is 33.6 Å². The van der Waals surface area contributed by atoms with Crippen LogP contribution in [-0.4, -0.2) is 55.4 Å². The van der Waals surface area contributed by atoms with Crippen LogP contribution < -0.4 is 15.4 Å². The zero-order valence-corrected chi connectivity index (χ0v) is 20.1. The SMILES string of the molecule is CCNC(=NCC1(SCC)CCOCC1)NCC(C)Oc1ccccc1F.I. The van der Waals surface area contributed by atoms with Gasteiger partial charge in [-0.3, -0.25) is 4.99 Å². The van der Waals surface area contributed by atoms with Crippen LogP contribution in [0.5, 0.6) is 5.75 Å². The van der Waals surface area contributed by atoms with E-state index < -0.39 is 0 Å². The normalized spacial score (nSPS) is 17.4. The molecule has 2 N–H and O–H groups in total. The van der Waals surface area contributed by atoms with Gasteiger partial charge in [-0.2, -0.15) is 11.8 Å². The fraction of sp³-hybridized carbons (Fsp3) is 0.650. The number of hydrogen-bond acceptors (Lipinski definition) is 4. The van der Waals surface area contributed by atoms with Crippen LogP contribution in [0, 0.1) is 5.82 Å². The average Bonchev–Trinajstić information content (AvgIpc) is 2.67. The minimum absolute atomic E-state index is 0. The number of aliphatic imine (C=N–C) groups is 1. The van der Waals surface area contributed by atoms with Crippen molar-refractivity contribution in [2.75, 3.05) is 38.6 Å². The summed E-state index contributed by atoms with van der Waals surface area (Å²) in [5, 5.41) is 6.59.